The molecule has 1 aliphatic heterocycles. The number of fused-ring (bicyclic) bond motifs is 1. The summed E-state index contributed by atoms with van der Waals surface area (Å²) in [5.41, 5.74) is 5.32. The average Bonchev–Trinajstić information content (AvgIpc) is 3.12. The van der Waals surface area contributed by atoms with Crippen LogP contribution in [0.2, 0.25) is 0 Å². The third kappa shape index (κ3) is 7.78. The second kappa shape index (κ2) is 13.9. The maximum Gasteiger partial charge on any atom is 0.210 e. The fourth-order valence-corrected chi connectivity index (χ4v) is 5.90. The number of ether oxygens (including phenoxy) is 1. The number of benzene rings is 3. The van der Waals surface area contributed by atoms with Gasteiger partial charge in [-0.05, 0) is 73.9 Å². The molecule has 3 aromatic carbocycles. The third-order valence-electron chi connectivity index (χ3n) is 6.48. The molecule has 1 heterocycles. The van der Waals surface area contributed by atoms with Gasteiger partial charge in [0.05, 0.1) is 7.11 Å². The van der Waals surface area contributed by atoms with E-state index >= 15 is 0 Å². The molecule has 0 saturated heterocycles. The van der Waals surface area contributed by atoms with E-state index in [9.17, 15) is 0 Å². The van der Waals surface area contributed by atoms with E-state index in [0.29, 0.717) is 5.56 Å². The van der Waals surface area contributed by atoms with E-state index in [1.807, 2.05) is 30.0 Å². The number of aliphatic hydroxyl groups excluding tert-OH is 1. The number of methoxy groups -OCH3 is 1. The van der Waals surface area contributed by atoms with Crippen molar-refractivity contribution in [2.24, 2.45) is 0 Å². The van der Waals surface area contributed by atoms with Crippen LogP contribution in [0.15, 0.2) is 89.5 Å². The molecule has 209 valence electrons. The molecule has 7 heteroatoms. The smallest absolute Gasteiger partial charge is 0.210 e. The number of allylic oxidation sites excluding steroid dienone is 2. The number of aliphatic hydroxyl groups is 1. The topological polar surface area (TPSA) is 80.4 Å². The first-order chi connectivity index (χ1) is 18.0. The minimum absolute atomic E-state index is 0. The fraction of sp³-hybridized carbons (Fsp3) is 0.312. The van der Waals surface area contributed by atoms with Gasteiger partial charge in [-0.15, -0.1) is 11.8 Å². The molecule has 1 atom stereocenters. The van der Waals surface area contributed by atoms with E-state index in [2.05, 4.69) is 75.9 Å². The zero-order valence-corrected chi connectivity index (χ0v) is 25.4. The van der Waals surface area contributed by atoms with E-state index in [1.54, 1.807) is 31.4 Å². The molecule has 39 heavy (non-hydrogen) atoms. The number of likely N-dealkylation sites (N-methyl/N-ethyl adjacent to an activating group) is 1. The molecule has 4 rings (SSSR count). The van der Waals surface area contributed by atoms with Crippen molar-refractivity contribution in [2.45, 2.75) is 56.1 Å². The van der Waals surface area contributed by atoms with E-state index in [1.165, 1.54) is 33.6 Å². The first kappa shape index (κ1) is 32.2. The maximum absolute atomic E-state index is 8.61. The van der Waals surface area contributed by atoms with Crippen LogP contribution in [-0.2, 0) is 28.6 Å². The zero-order chi connectivity index (χ0) is 27.9. The van der Waals surface area contributed by atoms with Crippen molar-refractivity contribution in [1.82, 2.24) is 0 Å². The summed E-state index contributed by atoms with van der Waals surface area (Å²) in [4.78, 5) is 3.66. The Labute approximate surface area is 247 Å². The molecule has 0 aliphatic carbocycles. The standard InChI is InChI=1S/C25H32N2OS.C7H7NO.Co/c1-7-27-21-13-12-19(28-6)16-20(21)25(5,23(27)14-15-26)17-18-10-8-9-11-22(18)29-24(2,3)4;8-7(9)6-4-2-1-3-5-6;/h8-16,26H,7,17H2,1-6H3;1-5H,(H2,8,9);/b23-14-,26-15?;;. The normalized spacial score (nSPS) is 17.0. The Morgan fingerprint density at radius 1 is 1.05 bits per heavy atom. The molecule has 1 unspecified atom stereocenters. The van der Waals surface area contributed by atoms with Crippen LogP contribution in [0, 0.1) is 10.8 Å². The second-order valence-corrected chi connectivity index (χ2v) is 12.3. The minimum atomic E-state index is -0.379. The molecule has 3 N–H and O–H groups in total. The van der Waals surface area contributed by atoms with Gasteiger partial charge in [0.1, 0.15) is 5.75 Å². The number of anilines is 1. The number of hydrogen-bond acceptors (Lipinski definition) is 5. The van der Waals surface area contributed by atoms with Gasteiger partial charge in [-0.25, -0.2) is 0 Å². The Morgan fingerprint density at radius 3 is 2.23 bits per heavy atom. The van der Waals surface area contributed by atoms with Gasteiger partial charge in [-0.2, -0.15) is 0 Å². The molecule has 0 fully saturated rings. The molecule has 0 saturated carbocycles. The Kier molecular flexibility index (Phi) is 11.5. The summed E-state index contributed by atoms with van der Waals surface area (Å²) in [6.45, 7) is 12.1. The van der Waals surface area contributed by atoms with Crippen molar-refractivity contribution in [3.8, 4) is 5.75 Å². The van der Waals surface area contributed by atoms with Gasteiger partial charge in [0.15, 0.2) is 0 Å². The summed E-state index contributed by atoms with van der Waals surface area (Å²) in [5, 5.41) is 23.2. The van der Waals surface area contributed by atoms with Crippen LogP contribution in [0.25, 0.3) is 0 Å². The predicted octanol–water partition coefficient (Wildman–Crippen LogP) is 8.03. The molecular formula is C32H39CoN3O2S. The van der Waals surface area contributed by atoms with Crippen molar-refractivity contribution in [3.05, 3.63) is 101 Å². The van der Waals surface area contributed by atoms with Crippen LogP contribution < -0.4 is 9.64 Å². The third-order valence-corrected chi connectivity index (χ3v) is 7.71. The van der Waals surface area contributed by atoms with Crippen LogP contribution in [0.5, 0.6) is 5.75 Å². The number of thioether (sulfide) groups is 1. The second-order valence-electron chi connectivity index (χ2n) is 10.4. The van der Waals surface area contributed by atoms with E-state index in [4.69, 9.17) is 20.7 Å². The number of hydrogen-bond donors (Lipinski definition) is 3. The molecule has 5 nitrogen and oxygen atoms in total. The maximum atomic E-state index is 8.61. The van der Waals surface area contributed by atoms with Gasteiger partial charge in [0.25, 0.3) is 0 Å². The first-order valence-corrected chi connectivity index (χ1v) is 13.6. The largest absolute Gasteiger partial charge is 0.497 e. The summed E-state index contributed by atoms with van der Waals surface area (Å²) in [6.07, 6.45) is 4.24. The molecule has 0 spiro atoms. The van der Waals surface area contributed by atoms with Crippen molar-refractivity contribution >= 4 is 29.6 Å². The van der Waals surface area contributed by atoms with Gasteiger partial charge in [0, 0.05) is 61.5 Å². The molecule has 1 radical (unpaired) electrons. The Balaban J connectivity index is 0.000000453. The van der Waals surface area contributed by atoms with Crippen LogP contribution >= 0.6 is 11.8 Å². The Hall–Kier alpha value is -3.00. The summed E-state index contributed by atoms with van der Waals surface area (Å²) in [5.74, 6) is 0.495. The van der Waals surface area contributed by atoms with Crippen molar-refractivity contribution in [3.63, 3.8) is 0 Å². The number of rotatable bonds is 7. The van der Waals surface area contributed by atoms with Gasteiger partial charge in [0.2, 0.25) is 5.90 Å². The number of nitrogens with zero attached hydrogens (tertiary/aromatic N) is 1. The quantitative estimate of drug-likeness (QED) is 0.148. The van der Waals surface area contributed by atoms with Gasteiger partial charge in [-0.3, -0.25) is 5.41 Å². The summed E-state index contributed by atoms with van der Waals surface area (Å²) < 4.78 is 5.70. The van der Waals surface area contributed by atoms with Crippen LogP contribution in [0.3, 0.4) is 0 Å². The van der Waals surface area contributed by atoms with Gasteiger partial charge in [-0.1, -0.05) is 57.2 Å². The SMILES string of the molecule is CCN1/C(=C\C=N)C(C)(Cc2ccccc2SC(C)(C)C)c2cc(OC)ccc21.N=C(O)c1ccccc1.[Co]. The van der Waals surface area contributed by atoms with Crippen LogP contribution in [0.4, 0.5) is 5.69 Å². The molecule has 0 bridgehead atoms. The summed E-state index contributed by atoms with van der Waals surface area (Å²) in [6, 6.07) is 23.8. The zero-order valence-electron chi connectivity index (χ0n) is 23.5. The Bertz CT molecular complexity index is 1300. The summed E-state index contributed by atoms with van der Waals surface area (Å²) in [7, 11) is 1.72. The average molecular weight is 589 g/mol. The monoisotopic (exact) mass is 588 g/mol. The van der Waals surface area contributed by atoms with Gasteiger partial charge < -0.3 is 20.2 Å². The molecule has 3 aromatic rings. The molecule has 1 aliphatic rings. The molecule has 0 aromatic heterocycles. The number of nitrogens with one attached hydrogen (secondary N) is 2. The molecular weight excluding hydrogens is 549 g/mol. The minimum Gasteiger partial charge on any atom is -0.497 e. The summed E-state index contributed by atoms with van der Waals surface area (Å²) >= 11 is 1.92. The van der Waals surface area contributed by atoms with E-state index in [-0.39, 0.29) is 32.8 Å². The Morgan fingerprint density at radius 2 is 1.69 bits per heavy atom. The van der Waals surface area contributed by atoms with Crippen LogP contribution in [-0.4, -0.2) is 35.6 Å². The van der Waals surface area contributed by atoms with Crippen molar-refractivity contribution < 1.29 is 26.6 Å². The molecule has 0 amide bonds. The van der Waals surface area contributed by atoms with Crippen molar-refractivity contribution in [2.75, 3.05) is 18.6 Å². The fourth-order valence-electron chi connectivity index (χ4n) is 4.82. The van der Waals surface area contributed by atoms with Gasteiger partial charge >= 0.3 is 0 Å². The van der Waals surface area contributed by atoms with E-state index < -0.39 is 0 Å². The predicted molar refractivity (Wildman–Crippen MR) is 162 cm³/mol. The van der Waals surface area contributed by atoms with Crippen LogP contribution in [0.1, 0.15) is 51.3 Å². The first-order valence-electron chi connectivity index (χ1n) is 12.8. The van der Waals surface area contributed by atoms with E-state index in [0.717, 1.165) is 18.7 Å². The van der Waals surface area contributed by atoms with Crippen molar-refractivity contribution in [1.29, 1.82) is 10.8 Å².